The van der Waals surface area contributed by atoms with Gasteiger partial charge in [0.15, 0.2) is 11.4 Å². The number of hydrogen-bond donors (Lipinski definition) is 0. The molecule has 2 aliphatic rings. The van der Waals surface area contributed by atoms with Crippen LogP contribution in [0, 0.1) is 11.3 Å². The maximum atomic E-state index is 13.1. The SMILES string of the molecule is CCC[O+]=C1C(=O)C2(CC=C(C)C)C=COC2=C1C(=O)C(C)CC. The molecule has 0 amide bonds. The molecule has 0 saturated heterocycles. The number of Topliss-reactive ketones (excluding diaryl/α,β-unsaturated/α-hetero) is 2. The molecule has 0 radical (unpaired) electrons. The molecular formula is C20H27O4+. The predicted molar refractivity (Wildman–Crippen MR) is 93.4 cm³/mol. The maximum absolute atomic E-state index is 13.1. The van der Waals surface area contributed by atoms with E-state index in [4.69, 9.17) is 9.16 Å². The van der Waals surface area contributed by atoms with Crippen LogP contribution in [0.15, 0.2) is 35.3 Å². The van der Waals surface area contributed by atoms with Gasteiger partial charge in [0.1, 0.15) is 11.2 Å². The second-order valence-corrected chi connectivity index (χ2v) is 6.76. The van der Waals surface area contributed by atoms with Crippen LogP contribution >= 0.6 is 0 Å². The van der Waals surface area contributed by atoms with E-state index in [-0.39, 0.29) is 23.3 Å². The van der Waals surface area contributed by atoms with Crippen molar-refractivity contribution < 1.29 is 18.8 Å². The molecule has 0 N–H and O–H groups in total. The highest BCUT2D eigenvalue weighted by Crippen LogP contribution is 2.48. The Morgan fingerprint density at radius 3 is 2.67 bits per heavy atom. The van der Waals surface area contributed by atoms with Gasteiger partial charge in [-0.05, 0) is 32.8 Å². The summed E-state index contributed by atoms with van der Waals surface area (Å²) in [6, 6.07) is 0. The number of allylic oxidation sites excluding steroid dienone is 4. The molecule has 130 valence electrons. The smallest absolute Gasteiger partial charge is 0.401 e. The van der Waals surface area contributed by atoms with Crippen molar-refractivity contribution >= 4 is 17.3 Å². The van der Waals surface area contributed by atoms with Gasteiger partial charge in [-0.15, -0.1) is 0 Å². The van der Waals surface area contributed by atoms with Crippen molar-refractivity contribution in [1.82, 2.24) is 0 Å². The quantitative estimate of drug-likeness (QED) is 0.308. The van der Waals surface area contributed by atoms with Crippen molar-refractivity contribution in [1.29, 1.82) is 0 Å². The number of ketones is 3. The third-order valence-corrected chi connectivity index (χ3v) is 4.60. The first-order valence-corrected chi connectivity index (χ1v) is 8.70. The Hall–Kier alpha value is -1.97. The zero-order chi connectivity index (χ0) is 17.9. The first-order chi connectivity index (χ1) is 11.4. The highest BCUT2D eigenvalue weighted by atomic mass is 16.5. The molecular weight excluding hydrogens is 304 g/mol. The van der Waals surface area contributed by atoms with Crippen molar-refractivity contribution in [3.63, 3.8) is 0 Å². The molecule has 1 heterocycles. The summed E-state index contributed by atoms with van der Waals surface area (Å²) in [7, 11) is 0. The van der Waals surface area contributed by atoms with Crippen molar-refractivity contribution in [2.75, 3.05) is 6.61 Å². The van der Waals surface area contributed by atoms with Crippen LogP contribution in [0.1, 0.15) is 53.9 Å². The zero-order valence-corrected chi connectivity index (χ0v) is 15.3. The summed E-state index contributed by atoms with van der Waals surface area (Å²) >= 11 is 0. The van der Waals surface area contributed by atoms with Crippen LogP contribution in [0.3, 0.4) is 0 Å². The Morgan fingerprint density at radius 2 is 2.08 bits per heavy atom. The van der Waals surface area contributed by atoms with Crippen LogP contribution in [0.2, 0.25) is 0 Å². The Balaban J connectivity index is 2.58. The molecule has 0 fully saturated rings. The van der Waals surface area contributed by atoms with Crippen molar-refractivity contribution in [3.8, 4) is 0 Å². The van der Waals surface area contributed by atoms with Crippen LogP contribution in [0.25, 0.3) is 0 Å². The van der Waals surface area contributed by atoms with E-state index in [1.807, 2.05) is 40.7 Å². The average Bonchev–Trinajstić information content (AvgIpc) is 3.07. The topological polar surface area (TPSA) is 54.7 Å². The standard InChI is InChI=1S/C20H27O4/c1-6-11-23-17-15(16(21)14(5)7-2)19-20(18(17)22,10-12-24-19)9-8-13(3)4/h8,10,12,14H,6-7,9,11H2,1-5H3/q+1. The van der Waals surface area contributed by atoms with E-state index in [1.54, 1.807) is 6.08 Å². The van der Waals surface area contributed by atoms with E-state index in [1.165, 1.54) is 6.26 Å². The molecule has 0 bridgehead atoms. The maximum Gasteiger partial charge on any atom is 0.401 e. The molecule has 4 nitrogen and oxygen atoms in total. The second kappa shape index (κ2) is 7.29. The first-order valence-electron chi connectivity index (χ1n) is 8.70. The average molecular weight is 331 g/mol. The van der Waals surface area contributed by atoms with E-state index in [0.717, 1.165) is 12.0 Å². The summed E-state index contributed by atoms with van der Waals surface area (Å²) in [6.45, 7) is 10.2. The Labute approximate surface area is 144 Å². The fraction of sp³-hybridized carbons (Fsp3) is 0.550. The van der Waals surface area contributed by atoms with Crippen LogP contribution in [-0.2, 0) is 18.8 Å². The largest absolute Gasteiger partial charge is 0.467 e. The van der Waals surface area contributed by atoms with Gasteiger partial charge in [0, 0.05) is 12.3 Å². The Kier molecular flexibility index (Phi) is 5.58. The molecule has 2 rings (SSSR count). The van der Waals surface area contributed by atoms with Crippen molar-refractivity contribution in [3.05, 3.63) is 35.3 Å². The first kappa shape index (κ1) is 18.4. The van der Waals surface area contributed by atoms with Gasteiger partial charge in [-0.3, -0.25) is 9.59 Å². The van der Waals surface area contributed by atoms with E-state index >= 15 is 0 Å². The number of rotatable bonds is 7. The molecule has 0 aromatic carbocycles. The molecule has 0 aromatic rings. The highest BCUT2D eigenvalue weighted by molar-refractivity contribution is 6.55. The summed E-state index contributed by atoms with van der Waals surface area (Å²) in [4.78, 5) is 26.0. The van der Waals surface area contributed by atoms with E-state index in [0.29, 0.717) is 30.8 Å². The van der Waals surface area contributed by atoms with Crippen molar-refractivity contribution in [2.45, 2.75) is 53.9 Å². The third-order valence-electron chi connectivity index (χ3n) is 4.60. The van der Waals surface area contributed by atoms with E-state index < -0.39 is 5.41 Å². The molecule has 0 spiro atoms. The van der Waals surface area contributed by atoms with Gasteiger partial charge >= 0.3 is 5.78 Å². The number of hydrogen-bond acceptors (Lipinski definition) is 3. The van der Waals surface area contributed by atoms with Gasteiger partial charge in [0.2, 0.25) is 0 Å². The van der Waals surface area contributed by atoms with Gasteiger partial charge in [0.25, 0.3) is 12.4 Å². The van der Waals surface area contributed by atoms with Crippen molar-refractivity contribution in [2.24, 2.45) is 11.3 Å². The molecule has 2 unspecified atom stereocenters. The van der Waals surface area contributed by atoms with E-state index in [9.17, 15) is 9.59 Å². The lowest BCUT2D eigenvalue weighted by Crippen LogP contribution is -2.30. The Morgan fingerprint density at radius 1 is 1.38 bits per heavy atom. The lowest BCUT2D eigenvalue weighted by atomic mass is 9.81. The monoisotopic (exact) mass is 331 g/mol. The zero-order valence-electron chi connectivity index (χ0n) is 15.3. The molecule has 2 atom stereocenters. The van der Waals surface area contributed by atoms with Gasteiger partial charge < -0.3 is 4.74 Å². The van der Waals surface area contributed by atoms with Gasteiger partial charge in [-0.1, -0.05) is 32.4 Å². The van der Waals surface area contributed by atoms with Gasteiger partial charge in [0.05, 0.1) is 6.26 Å². The summed E-state index contributed by atoms with van der Waals surface area (Å²) in [5.41, 5.74) is 0.545. The fourth-order valence-electron chi connectivity index (χ4n) is 2.90. The predicted octanol–water partition coefficient (Wildman–Crippen LogP) is 3.84. The van der Waals surface area contributed by atoms with Gasteiger partial charge in [-0.2, -0.15) is 0 Å². The molecule has 0 saturated carbocycles. The third kappa shape index (κ3) is 3.02. The Bertz CT molecular complexity index is 659. The number of carbonyl (C=O) groups is 2. The molecule has 0 aromatic heterocycles. The second-order valence-electron chi connectivity index (χ2n) is 6.76. The minimum Gasteiger partial charge on any atom is -0.467 e. The summed E-state index contributed by atoms with van der Waals surface area (Å²) < 4.78 is 11.4. The van der Waals surface area contributed by atoms with Crippen LogP contribution in [0.4, 0.5) is 0 Å². The molecule has 4 heteroatoms. The van der Waals surface area contributed by atoms with Gasteiger partial charge in [-0.25, -0.2) is 4.42 Å². The number of carbonyl (C=O) groups excluding carboxylic acids is 3. The fourth-order valence-corrected chi connectivity index (χ4v) is 2.90. The molecule has 1 aliphatic carbocycles. The minimum atomic E-state index is -0.918. The van der Waals surface area contributed by atoms with E-state index in [2.05, 4.69) is 0 Å². The number of fused-ring (bicyclic) bond motifs is 1. The highest BCUT2D eigenvalue weighted by Gasteiger charge is 2.61. The normalized spacial score (nSPS) is 25.0. The lowest BCUT2D eigenvalue weighted by Gasteiger charge is -2.17. The molecule has 24 heavy (non-hydrogen) atoms. The lowest BCUT2D eigenvalue weighted by molar-refractivity contribution is -0.455. The van der Waals surface area contributed by atoms with Crippen LogP contribution in [0.5, 0.6) is 0 Å². The summed E-state index contributed by atoms with van der Waals surface area (Å²) in [5.74, 6) is 0.215. The summed E-state index contributed by atoms with van der Waals surface area (Å²) in [6.07, 6.45) is 7.25. The van der Waals surface area contributed by atoms with Crippen LogP contribution < -0.4 is 0 Å². The summed E-state index contributed by atoms with van der Waals surface area (Å²) in [5, 5.41) is 0. The minimum absolute atomic E-state index is 0.0743. The number of ether oxygens (including phenoxy) is 1. The van der Waals surface area contributed by atoms with Crippen LogP contribution in [-0.4, -0.2) is 24.0 Å². The molecule has 1 aliphatic heterocycles.